The molecule has 2 aromatic heterocycles. The minimum atomic E-state index is -3.93. The molecule has 0 bridgehead atoms. The maximum Gasteiger partial charge on any atom is 0.293 e. The van der Waals surface area contributed by atoms with Crippen molar-refractivity contribution in [2.24, 2.45) is 0 Å². The quantitative estimate of drug-likeness (QED) is 0.618. The van der Waals surface area contributed by atoms with Crippen LogP contribution >= 0.6 is 12.4 Å². The summed E-state index contributed by atoms with van der Waals surface area (Å²) in [6.45, 7) is 1.77. The Bertz CT molecular complexity index is 1020. The second-order valence-electron chi connectivity index (χ2n) is 5.63. The van der Waals surface area contributed by atoms with Crippen LogP contribution in [-0.4, -0.2) is 24.3 Å². The molecule has 0 fully saturated rings. The molecule has 3 rings (SSSR count). The van der Waals surface area contributed by atoms with E-state index in [9.17, 15) is 13.2 Å². The molecule has 0 spiro atoms. The second-order valence-corrected chi connectivity index (χ2v) is 7.23. The molecule has 1 amide bonds. The predicted octanol–water partition coefficient (Wildman–Crippen LogP) is 2.78. The number of nitrogens with zero attached hydrogens (tertiary/aromatic N) is 4. The van der Waals surface area contributed by atoms with E-state index >= 15 is 0 Å². The average Bonchev–Trinajstić information content (AvgIpc) is 2.69. The molecule has 1 N–H and O–H groups in total. The first-order valence-corrected chi connectivity index (χ1v) is 9.51. The van der Waals surface area contributed by atoms with Crippen molar-refractivity contribution in [1.82, 2.24) is 9.97 Å². The molecule has 0 saturated carbocycles. The molecule has 0 saturated heterocycles. The monoisotopic (exact) mass is 419 g/mol. The lowest BCUT2D eigenvalue weighted by molar-refractivity contribution is -0.705. The van der Waals surface area contributed by atoms with Crippen molar-refractivity contribution in [3.63, 3.8) is 0 Å². The van der Waals surface area contributed by atoms with Gasteiger partial charge in [-0.25, -0.2) is 8.42 Å². The number of pyridine rings is 1. The molecule has 0 aliphatic carbocycles. The van der Waals surface area contributed by atoms with Gasteiger partial charge >= 0.3 is 0 Å². The van der Waals surface area contributed by atoms with E-state index in [2.05, 4.69) is 20.0 Å². The van der Waals surface area contributed by atoms with Crippen LogP contribution in [0.2, 0.25) is 0 Å². The maximum absolute atomic E-state index is 12.4. The van der Waals surface area contributed by atoms with Crippen molar-refractivity contribution in [2.75, 3.05) is 5.32 Å². The molecule has 146 valence electrons. The van der Waals surface area contributed by atoms with E-state index in [4.69, 9.17) is 0 Å². The summed E-state index contributed by atoms with van der Waals surface area (Å²) in [6, 6.07) is 12.5. The highest BCUT2D eigenvalue weighted by Gasteiger charge is 2.21. The van der Waals surface area contributed by atoms with Crippen LogP contribution in [-0.2, 0) is 14.8 Å². The highest BCUT2D eigenvalue weighted by atomic mass is 35.5. The smallest absolute Gasteiger partial charge is 0.293 e. The highest BCUT2D eigenvalue weighted by molar-refractivity contribution is 7.94. The van der Waals surface area contributed by atoms with Gasteiger partial charge in [0, 0.05) is 30.7 Å². The van der Waals surface area contributed by atoms with Gasteiger partial charge in [0.15, 0.2) is 12.4 Å². The van der Waals surface area contributed by atoms with Gasteiger partial charge in [-0.3, -0.25) is 9.52 Å². The number of halogens is 1. The summed E-state index contributed by atoms with van der Waals surface area (Å²) in [6.07, 6.45) is 6.41. The number of hydrogen-bond acceptors (Lipinski definition) is 5. The van der Waals surface area contributed by atoms with E-state index in [1.807, 2.05) is 18.2 Å². The Morgan fingerprint density at radius 3 is 2.25 bits per heavy atom. The summed E-state index contributed by atoms with van der Waals surface area (Å²) in [5, 5.41) is 2.76. The fourth-order valence-electron chi connectivity index (χ4n) is 2.26. The highest BCUT2D eigenvalue weighted by Crippen LogP contribution is 2.24. The molecule has 0 aliphatic heterocycles. The molecule has 0 aliphatic rings. The van der Waals surface area contributed by atoms with Crippen LogP contribution in [0.3, 0.4) is 0 Å². The summed E-state index contributed by atoms with van der Waals surface area (Å²) in [7, 11) is -3.93. The molecule has 3 aromatic rings. The fourth-order valence-corrected chi connectivity index (χ4v) is 3.16. The molecule has 1 aromatic carbocycles. The first-order valence-electron chi connectivity index (χ1n) is 8.07. The number of rotatable bonds is 6. The van der Waals surface area contributed by atoms with Crippen LogP contribution < -0.4 is 9.88 Å². The van der Waals surface area contributed by atoms with Gasteiger partial charge in [0.05, 0.1) is 4.90 Å². The third kappa shape index (κ3) is 5.24. The van der Waals surface area contributed by atoms with E-state index < -0.39 is 16.1 Å². The minimum Gasteiger partial charge on any atom is -0.366 e. The molecule has 0 radical (unpaired) electrons. The van der Waals surface area contributed by atoms with E-state index in [-0.39, 0.29) is 29.2 Å². The van der Waals surface area contributed by atoms with E-state index in [0.29, 0.717) is 5.69 Å². The van der Waals surface area contributed by atoms with Gasteiger partial charge in [-0.1, -0.05) is 12.1 Å². The van der Waals surface area contributed by atoms with Gasteiger partial charge in [-0.15, -0.1) is 12.4 Å². The summed E-state index contributed by atoms with van der Waals surface area (Å²) >= 11 is 0. The number of carbonyl (C=O) groups excluding carboxylic acids is 1. The molecule has 1 unspecified atom stereocenters. The number of sulfonamides is 1. The van der Waals surface area contributed by atoms with Crippen molar-refractivity contribution in [1.29, 1.82) is 0 Å². The fraction of sp³-hybridized carbons (Fsp3) is 0.111. The number of aromatic nitrogens is 3. The van der Waals surface area contributed by atoms with Gasteiger partial charge in [-0.05, 0) is 36.7 Å². The number of anilines is 1. The zero-order valence-electron chi connectivity index (χ0n) is 14.8. The number of benzene rings is 1. The molecule has 10 heteroatoms. The Labute approximate surface area is 169 Å². The lowest BCUT2D eigenvalue weighted by Crippen LogP contribution is -2.43. The van der Waals surface area contributed by atoms with Crippen molar-refractivity contribution in [2.45, 2.75) is 17.9 Å². The molecular formula is C18H18ClN5O3S. The van der Waals surface area contributed by atoms with Crippen LogP contribution in [0, 0.1) is 0 Å². The molecule has 8 nitrogen and oxygen atoms in total. The predicted molar refractivity (Wildman–Crippen MR) is 106 cm³/mol. The number of nitrogens with one attached hydrogen (secondary N) is 1. The van der Waals surface area contributed by atoms with Gasteiger partial charge in [0.1, 0.15) is 0 Å². The van der Waals surface area contributed by atoms with Gasteiger partial charge in [-0.2, -0.15) is 4.57 Å². The largest absolute Gasteiger partial charge is 0.366 e. The zero-order valence-corrected chi connectivity index (χ0v) is 16.5. The lowest BCUT2D eigenvalue weighted by Gasteiger charge is -2.13. The van der Waals surface area contributed by atoms with Crippen LogP contribution in [0.4, 0.5) is 11.6 Å². The number of hydrogen-bond donors (Lipinski definition) is 1. The zero-order chi connectivity index (χ0) is 19.3. The van der Waals surface area contributed by atoms with E-state index in [0.717, 1.165) is 0 Å². The van der Waals surface area contributed by atoms with E-state index in [1.54, 1.807) is 30.0 Å². The topological polar surface area (TPSA) is 107 Å². The third-order valence-electron chi connectivity index (χ3n) is 3.74. The van der Waals surface area contributed by atoms with Gasteiger partial charge in [0.25, 0.3) is 5.91 Å². The molecule has 1 atom stereocenters. The van der Waals surface area contributed by atoms with Gasteiger partial charge < -0.3 is 15.3 Å². The Balaban J connectivity index is 0.00000280. The first-order chi connectivity index (χ1) is 13.0. The van der Waals surface area contributed by atoms with Crippen LogP contribution in [0.25, 0.3) is 4.72 Å². The second kappa shape index (κ2) is 9.25. The Hall–Kier alpha value is -3.04. The summed E-state index contributed by atoms with van der Waals surface area (Å²) in [4.78, 5) is 19.9. The van der Waals surface area contributed by atoms with Crippen molar-refractivity contribution < 1.29 is 17.8 Å². The maximum atomic E-state index is 12.4. The Morgan fingerprint density at radius 2 is 1.64 bits per heavy atom. The van der Waals surface area contributed by atoms with Crippen molar-refractivity contribution in [3.05, 3.63) is 78.0 Å². The summed E-state index contributed by atoms with van der Waals surface area (Å²) in [5.41, 5.74) is 0.485. The van der Waals surface area contributed by atoms with Gasteiger partial charge in [0.2, 0.25) is 16.1 Å². The van der Waals surface area contributed by atoms with Crippen LogP contribution in [0.15, 0.2) is 78.2 Å². The van der Waals surface area contributed by atoms with Crippen LogP contribution in [0.5, 0.6) is 0 Å². The number of amides is 1. The summed E-state index contributed by atoms with van der Waals surface area (Å²) < 4.78 is 29.9. The standard InChI is InChI=1S/C18H17N5O3S.ClH/c1-14(23-12-3-2-4-13-23)17(24)21-15-6-8-16(9-7-15)27(25,26)22-18-19-10-5-11-20-18;/h2-14H,1H3,(H-,19,20,21,22,24);1H. The normalized spacial score (nSPS) is 11.8. The third-order valence-corrected chi connectivity index (χ3v) is 5.01. The summed E-state index contributed by atoms with van der Waals surface area (Å²) in [5.74, 6) is -0.354. The molecular weight excluding hydrogens is 402 g/mol. The lowest BCUT2D eigenvalue weighted by atomic mass is 10.2. The molecule has 28 heavy (non-hydrogen) atoms. The van der Waals surface area contributed by atoms with E-state index in [1.165, 1.54) is 36.7 Å². The SMILES string of the molecule is CC(C(=O)Nc1ccc(S(=O)(=O)[N-]c2ncccn2)cc1)[n+]1ccccc1.Cl. The van der Waals surface area contributed by atoms with Crippen molar-refractivity contribution in [3.8, 4) is 0 Å². The Morgan fingerprint density at radius 1 is 1.04 bits per heavy atom. The Kier molecular flexibility index (Phi) is 7.02. The number of carbonyl (C=O) groups is 1. The first kappa shape index (κ1) is 21.3. The minimum absolute atomic E-state index is 0. The average molecular weight is 420 g/mol. The van der Waals surface area contributed by atoms with Crippen molar-refractivity contribution >= 4 is 40.0 Å². The molecule has 2 heterocycles. The van der Waals surface area contributed by atoms with Crippen LogP contribution in [0.1, 0.15) is 13.0 Å².